The van der Waals surface area contributed by atoms with Gasteiger partial charge in [-0.3, -0.25) is 9.89 Å². The van der Waals surface area contributed by atoms with E-state index in [0.29, 0.717) is 30.5 Å². The van der Waals surface area contributed by atoms with E-state index < -0.39 is 0 Å². The van der Waals surface area contributed by atoms with Crippen LogP contribution in [-0.4, -0.2) is 86.7 Å². The number of nitrogens with one attached hydrogen (secondary N) is 1. The molecule has 0 aliphatic carbocycles. The van der Waals surface area contributed by atoms with Crippen LogP contribution in [0, 0.1) is 0 Å². The molecule has 174 valence electrons. The number of ether oxygens (including phenoxy) is 1. The SMILES string of the molecule is CC(=O)N1CC2CCC(C1)N2c1cc(N2CCOCC2C)nc2c1c(N)nn2-c1ccn[nH]1. The molecular weight excluding hydrogens is 422 g/mol. The van der Waals surface area contributed by atoms with Crippen LogP contribution in [0.15, 0.2) is 18.3 Å². The van der Waals surface area contributed by atoms with Gasteiger partial charge < -0.3 is 25.2 Å². The fraction of sp³-hybridized carbons (Fsp3) is 0.545. The normalized spacial score (nSPS) is 25.3. The molecule has 6 heterocycles. The summed E-state index contributed by atoms with van der Waals surface area (Å²) in [6.07, 6.45) is 3.79. The molecule has 3 N–H and O–H groups in total. The lowest BCUT2D eigenvalue weighted by Gasteiger charge is -2.43. The van der Waals surface area contributed by atoms with E-state index in [1.807, 2.05) is 11.0 Å². The van der Waals surface area contributed by atoms with E-state index >= 15 is 0 Å². The molecule has 3 aliphatic heterocycles. The second kappa shape index (κ2) is 7.62. The molecule has 3 atom stereocenters. The Hall–Kier alpha value is -3.34. The van der Waals surface area contributed by atoms with Crippen molar-refractivity contribution in [3.8, 4) is 5.82 Å². The summed E-state index contributed by atoms with van der Waals surface area (Å²) in [5, 5.41) is 12.5. The first kappa shape index (κ1) is 20.3. The number of anilines is 3. The average molecular weight is 452 g/mol. The number of nitrogen functional groups attached to an aromatic ring is 1. The molecule has 6 rings (SSSR count). The van der Waals surface area contributed by atoms with Crippen molar-refractivity contribution < 1.29 is 9.53 Å². The van der Waals surface area contributed by atoms with Gasteiger partial charge >= 0.3 is 0 Å². The topological polar surface area (TPSA) is 121 Å². The monoisotopic (exact) mass is 451 g/mol. The number of nitrogens with two attached hydrogens (primary N) is 1. The zero-order valence-electron chi connectivity index (χ0n) is 18.9. The summed E-state index contributed by atoms with van der Waals surface area (Å²) in [6, 6.07) is 4.73. The molecule has 1 amide bonds. The maximum Gasteiger partial charge on any atom is 0.219 e. The van der Waals surface area contributed by atoms with Crippen molar-refractivity contribution in [2.24, 2.45) is 0 Å². The molecule has 3 aromatic rings. The number of nitrogens with zero attached hydrogens (tertiary/aromatic N) is 7. The number of aromatic amines is 1. The van der Waals surface area contributed by atoms with Gasteiger partial charge in [0.2, 0.25) is 5.91 Å². The predicted molar refractivity (Wildman–Crippen MR) is 125 cm³/mol. The van der Waals surface area contributed by atoms with Gasteiger partial charge in [0.25, 0.3) is 0 Å². The van der Waals surface area contributed by atoms with Crippen molar-refractivity contribution in [2.45, 2.75) is 44.8 Å². The summed E-state index contributed by atoms with van der Waals surface area (Å²) in [7, 11) is 0. The first-order valence-corrected chi connectivity index (χ1v) is 11.6. The van der Waals surface area contributed by atoms with Crippen molar-refractivity contribution in [1.82, 2.24) is 29.9 Å². The van der Waals surface area contributed by atoms with E-state index in [1.165, 1.54) is 0 Å². The van der Waals surface area contributed by atoms with Gasteiger partial charge in [0.05, 0.1) is 36.5 Å². The average Bonchev–Trinajstić information content (AvgIpc) is 3.50. The largest absolute Gasteiger partial charge is 0.382 e. The molecule has 33 heavy (non-hydrogen) atoms. The number of morpholine rings is 1. The first-order valence-electron chi connectivity index (χ1n) is 11.6. The Bertz CT molecular complexity index is 1180. The number of fused-ring (bicyclic) bond motifs is 3. The van der Waals surface area contributed by atoms with Gasteiger partial charge in [-0.2, -0.15) is 9.78 Å². The van der Waals surface area contributed by atoms with Crippen LogP contribution in [0.25, 0.3) is 16.9 Å². The van der Waals surface area contributed by atoms with Crippen LogP contribution >= 0.6 is 0 Å². The van der Waals surface area contributed by atoms with Crippen molar-refractivity contribution in [1.29, 1.82) is 0 Å². The van der Waals surface area contributed by atoms with Crippen molar-refractivity contribution >= 4 is 34.3 Å². The summed E-state index contributed by atoms with van der Waals surface area (Å²) in [6.45, 7) is 7.38. The second-order valence-corrected chi connectivity index (χ2v) is 9.27. The highest BCUT2D eigenvalue weighted by atomic mass is 16.5. The minimum absolute atomic E-state index is 0.140. The Morgan fingerprint density at radius 3 is 2.73 bits per heavy atom. The van der Waals surface area contributed by atoms with Crippen LogP contribution in [0.3, 0.4) is 0 Å². The number of amides is 1. The summed E-state index contributed by atoms with van der Waals surface area (Å²) in [5.74, 6) is 2.19. The van der Waals surface area contributed by atoms with Crippen LogP contribution in [0.4, 0.5) is 17.3 Å². The van der Waals surface area contributed by atoms with E-state index in [9.17, 15) is 4.79 Å². The Balaban J connectivity index is 1.53. The number of piperazine rings is 1. The van der Waals surface area contributed by atoms with E-state index in [2.05, 4.69) is 38.1 Å². The molecule has 0 radical (unpaired) electrons. The van der Waals surface area contributed by atoms with Gasteiger partial charge in [0.1, 0.15) is 5.82 Å². The van der Waals surface area contributed by atoms with Gasteiger partial charge in [0, 0.05) is 50.8 Å². The predicted octanol–water partition coefficient (Wildman–Crippen LogP) is 1.15. The third kappa shape index (κ3) is 3.21. The van der Waals surface area contributed by atoms with E-state index in [0.717, 1.165) is 49.4 Å². The second-order valence-electron chi connectivity index (χ2n) is 9.27. The van der Waals surface area contributed by atoms with Crippen molar-refractivity contribution in [3.05, 3.63) is 18.3 Å². The van der Waals surface area contributed by atoms with Crippen LogP contribution in [0.2, 0.25) is 0 Å². The number of carbonyl (C=O) groups is 1. The third-order valence-electron chi connectivity index (χ3n) is 7.21. The lowest BCUT2D eigenvalue weighted by atomic mass is 10.1. The minimum atomic E-state index is 0.140. The molecule has 0 spiro atoms. The van der Waals surface area contributed by atoms with Crippen LogP contribution < -0.4 is 15.5 Å². The standard InChI is InChI=1S/C22H29N9O2/c1-13-12-33-8-7-29(13)19-9-17(30-15-3-4-16(30)11-28(10-15)14(2)32)20-21(23)27-31(22(20)25-19)18-5-6-24-26-18/h5-6,9,13,15-16H,3-4,7-8,10-12H2,1-2H3,(H2,23,27)(H,24,26). The van der Waals surface area contributed by atoms with Crippen LogP contribution in [-0.2, 0) is 9.53 Å². The minimum Gasteiger partial charge on any atom is -0.382 e. The number of carbonyl (C=O) groups excluding carboxylic acids is 1. The van der Waals surface area contributed by atoms with Gasteiger partial charge in [-0.25, -0.2) is 4.98 Å². The molecular formula is C22H29N9O2. The Morgan fingerprint density at radius 1 is 1.27 bits per heavy atom. The fourth-order valence-electron chi connectivity index (χ4n) is 5.62. The molecule has 3 fully saturated rings. The number of hydrogen-bond donors (Lipinski definition) is 2. The van der Waals surface area contributed by atoms with Gasteiger partial charge in [-0.15, -0.1) is 5.10 Å². The van der Waals surface area contributed by atoms with Crippen LogP contribution in [0.1, 0.15) is 26.7 Å². The highest BCUT2D eigenvalue weighted by molar-refractivity contribution is 6.00. The van der Waals surface area contributed by atoms with E-state index in [-0.39, 0.29) is 24.0 Å². The number of H-pyrrole nitrogens is 1. The summed E-state index contributed by atoms with van der Waals surface area (Å²) in [4.78, 5) is 23.9. The highest BCUT2D eigenvalue weighted by Crippen LogP contribution is 2.42. The fourth-order valence-corrected chi connectivity index (χ4v) is 5.62. The molecule has 0 aromatic carbocycles. The molecule has 11 nitrogen and oxygen atoms in total. The maximum absolute atomic E-state index is 12.1. The molecule has 2 bridgehead atoms. The first-order chi connectivity index (χ1) is 16.0. The Kier molecular flexibility index (Phi) is 4.68. The van der Waals surface area contributed by atoms with Gasteiger partial charge in [0.15, 0.2) is 17.3 Å². The molecule has 3 aromatic heterocycles. The van der Waals surface area contributed by atoms with Crippen molar-refractivity contribution in [2.75, 3.05) is 48.4 Å². The van der Waals surface area contributed by atoms with E-state index in [1.54, 1.807) is 17.8 Å². The number of pyridine rings is 1. The summed E-state index contributed by atoms with van der Waals surface area (Å²) < 4.78 is 7.40. The third-order valence-corrected chi connectivity index (χ3v) is 7.21. The number of likely N-dealkylation sites (tertiary alicyclic amines) is 1. The van der Waals surface area contributed by atoms with Crippen LogP contribution in [0.5, 0.6) is 0 Å². The Morgan fingerprint density at radius 2 is 2.06 bits per heavy atom. The molecule has 3 aliphatic rings. The Labute approximate surface area is 191 Å². The molecule has 0 saturated carbocycles. The molecule has 3 unspecified atom stereocenters. The number of hydrogen-bond acceptors (Lipinski definition) is 8. The molecule has 11 heteroatoms. The number of rotatable bonds is 3. The number of aromatic nitrogens is 5. The van der Waals surface area contributed by atoms with Gasteiger partial charge in [-0.1, -0.05) is 0 Å². The summed E-state index contributed by atoms with van der Waals surface area (Å²) >= 11 is 0. The maximum atomic E-state index is 12.1. The lowest BCUT2D eigenvalue weighted by molar-refractivity contribution is -0.129. The quantitative estimate of drug-likeness (QED) is 0.608. The highest BCUT2D eigenvalue weighted by Gasteiger charge is 2.42. The lowest BCUT2D eigenvalue weighted by Crippen LogP contribution is -2.55. The van der Waals surface area contributed by atoms with E-state index in [4.69, 9.17) is 15.5 Å². The van der Waals surface area contributed by atoms with Crippen molar-refractivity contribution in [3.63, 3.8) is 0 Å². The zero-order chi connectivity index (χ0) is 22.7. The van der Waals surface area contributed by atoms with Gasteiger partial charge in [-0.05, 0) is 19.8 Å². The molecule has 3 saturated heterocycles. The smallest absolute Gasteiger partial charge is 0.219 e. The zero-order valence-corrected chi connectivity index (χ0v) is 18.9. The summed E-state index contributed by atoms with van der Waals surface area (Å²) in [5.41, 5.74) is 8.26.